The number of rotatable bonds is 2. The molecule has 0 N–H and O–H groups in total. The zero-order valence-electron chi connectivity index (χ0n) is 8.60. The number of benzene rings is 1. The van der Waals surface area contributed by atoms with Gasteiger partial charge in [-0.2, -0.15) is 0 Å². The molecule has 0 atom stereocenters. The molecule has 1 fully saturated rings. The van der Waals surface area contributed by atoms with E-state index in [1.165, 1.54) is 12.8 Å². The van der Waals surface area contributed by atoms with Gasteiger partial charge < -0.3 is 4.57 Å². The second-order valence-corrected chi connectivity index (χ2v) is 4.17. The van der Waals surface area contributed by atoms with E-state index in [2.05, 4.69) is 9.55 Å². The molecule has 0 spiro atoms. The molecule has 0 amide bonds. The molecule has 1 aromatic carbocycles. The summed E-state index contributed by atoms with van der Waals surface area (Å²) in [6.07, 6.45) is 3.37. The van der Waals surface area contributed by atoms with Gasteiger partial charge in [0.2, 0.25) is 0 Å². The molecule has 0 unspecified atom stereocenters. The number of aryl methyl sites for hydroxylation is 1. The molecule has 3 heteroatoms. The Morgan fingerprint density at radius 1 is 1.47 bits per heavy atom. The monoisotopic (exact) mass is 200 g/mol. The summed E-state index contributed by atoms with van der Waals surface area (Å²) >= 11 is 0. The standard InChI is InChI=1S/C12H12N2O/c1-14-11-6-8(7-15)2-5-10(11)13-12(14)9-3-4-9/h2,5-7,9H,3-4H2,1H3. The number of hydrogen-bond acceptors (Lipinski definition) is 2. The van der Waals surface area contributed by atoms with Crippen LogP contribution in [0.3, 0.4) is 0 Å². The number of carbonyl (C=O) groups is 1. The van der Waals surface area contributed by atoms with Gasteiger partial charge in [-0.3, -0.25) is 4.79 Å². The number of fused-ring (bicyclic) bond motifs is 1. The van der Waals surface area contributed by atoms with Gasteiger partial charge in [-0.15, -0.1) is 0 Å². The minimum Gasteiger partial charge on any atom is -0.331 e. The Morgan fingerprint density at radius 3 is 2.93 bits per heavy atom. The van der Waals surface area contributed by atoms with E-state index in [1.54, 1.807) is 0 Å². The predicted octanol–water partition coefficient (Wildman–Crippen LogP) is 2.26. The van der Waals surface area contributed by atoms with E-state index in [1.807, 2.05) is 25.2 Å². The Bertz CT molecular complexity index is 538. The second-order valence-electron chi connectivity index (χ2n) is 4.17. The topological polar surface area (TPSA) is 34.9 Å². The van der Waals surface area contributed by atoms with Crippen molar-refractivity contribution in [3.63, 3.8) is 0 Å². The summed E-state index contributed by atoms with van der Waals surface area (Å²) in [5.74, 6) is 1.80. The Balaban J connectivity index is 2.25. The summed E-state index contributed by atoms with van der Waals surface area (Å²) < 4.78 is 2.11. The number of imidazole rings is 1. The highest BCUT2D eigenvalue weighted by Gasteiger charge is 2.28. The molecule has 1 saturated carbocycles. The first-order chi connectivity index (χ1) is 7.29. The fraction of sp³-hybridized carbons (Fsp3) is 0.333. The van der Waals surface area contributed by atoms with Crippen LogP contribution in [0.5, 0.6) is 0 Å². The van der Waals surface area contributed by atoms with Crippen molar-refractivity contribution >= 4 is 17.3 Å². The highest BCUT2D eigenvalue weighted by molar-refractivity contribution is 5.85. The van der Waals surface area contributed by atoms with E-state index in [9.17, 15) is 4.79 Å². The van der Waals surface area contributed by atoms with Crippen LogP contribution in [0.1, 0.15) is 34.9 Å². The molecular weight excluding hydrogens is 188 g/mol. The van der Waals surface area contributed by atoms with E-state index < -0.39 is 0 Å². The van der Waals surface area contributed by atoms with Gasteiger partial charge in [0.1, 0.15) is 12.1 Å². The van der Waals surface area contributed by atoms with Crippen molar-refractivity contribution < 1.29 is 4.79 Å². The van der Waals surface area contributed by atoms with Crippen LogP contribution >= 0.6 is 0 Å². The third-order valence-electron chi connectivity index (χ3n) is 3.02. The quantitative estimate of drug-likeness (QED) is 0.697. The van der Waals surface area contributed by atoms with Gasteiger partial charge >= 0.3 is 0 Å². The lowest BCUT2D eigenvalue weighted by molar-refractivity contribution is 0.112. The van der Waals surface area contributed by atoms with Crippen molar-refractivity contribution in [3.8, 4) is 0 Å². The lowest BCUT2D eigenvalue weighted by Gasteiger charge is -1.99. The van der Waals surface area contributed by atoms with E-state index in [0.717, 1.165) is 23.1 Å². The summed E-state index contributed by atoms with van der Waals surface area (Å²) in [6.45, 7) is 0. The maximum Gasteiger partial charge on any atom is 0.150 e. The number of aldehydes is 1. The summed E-state index contributed by atoms with van der Waals surface area (Å²) in [4.78, 5) is 15.3. The Hall–Kier alpha value is -1.64. The van der Waals surface area contributed by atoms with Crippen molar-refractivity contribution in [1.82, 2.24) is 9.55 Å². The van der Waals surface area contributed by atoms with Crippen LogP contribution in [-0.2, 0) is 7.05 Å². The van der Waals surface area contributed by atoms with Gasteiger partial charge in [0, 0.05) is 18.5 Å². The lowest BCUT2D eigenvalue weighted by Crippen LogP contribution is -1.95. The maximum absolute atomic E-state index is 10.7. The highest BCUT2D eigenvalue weighted by atomic mass is 16.1. The minimum absolute atomic E-state index is 0.641. The Morgan fingerprint density at radius 2 is 2.27 bits per heavy atom. The average Bonchev–Trinajstić information content (AvgIpc) is 3.05. The fourth-order valence-corrected chi connectivity index (χ4v) is 2.01. The van der Waals surface area contributed by atoms with E-state index in [4.69, 9.17) is 0 Å². The van der Waals surface area contributed by atoms with Gasteiger partial charge in [0.05, 0.1) is 11.0 Å². The SMILES string of the molecule is Cn1c(C2CC2)nc2ccc(C=O)cc21. The third kappa shape index (κ3) is 1.27. The first-order valence-corrected chi connectivity index (χ1v) is 5.21. The highest BCUT2D eigenvalue weighted by Crippen LogP contribution is 2.40. The average molecular weight is 200 g/mol. The van der Waals surface area contributed by atoms with Crippen LogP contribution < -0.4 is 0 Å². The normalized spacial score (nSPS) is 15.8. The molecule has 76 valence electrons. The molecule has 3 nitrogen and oxygen atoms in total. The molecule has 3 rings (SSSR count). The van der Waals surface area contributed by atoms with E-state index in [-0.39, 0.29) is 0 Å². The zero-order valence-corrected chi connectivity index (χ0v) is 8.60. The number of hydrogen-bond donors (Lipinski definition) is 0. The van der Waals surface area contributed by atoms with E-state index in [0.29, 0.717) is 11.5 Å². The van der Waals surface area contributed by atoms with Crippen molar-refractivity contribution in [1.29, 1.82) is 0 Å². The first kappa shape index (κ1) is 8.65. The minimum atomic E-state index is 0.641. The number of aromatic nitrogens is 2. The third-order valence-corrected chi connectivity index (χ3v) is 3.02. The summed E-state index contributed by atoms with van der Waals surface area (Å²) in [5, 5.41) is 0. The van der Waals surface area contributed by atoms with Crippen molar-refractivity contribution in [3.05, 3.63) is 29.6 Å². The fourth-order valence-electron chi connectivity index (χ4n) is 2.01. The number of nitrogens with zero attached hydrogens (tertiary/aromatic N) is 2. The Kier molecular flexibility index (Phi) is 1.69. The second kappa shape index (κ2) is 2.92. The smallest absolute Gasteiger partial charge is 0.150 e. The molecule has 0 aliphatic heterocycles. The number of carbonyl (C=O) groups excluding carboxylic acids is 1. The van der Waals surface area contributed by atoms with Crippen LogP contribution in [0.4, 0.5) is 0 Å². The molecule has 0 radical (unpaired) electrons. The van der Waals surface area contributed by atoms with Gasteiger partial charge in [-0.1, -0.05) is 0 Å². The molecule has 2 aromatic rings. The molecule has 1 aliphatic carbocycles. The first-order valence-electron chi connectivity index (χ1n) is 5.21. The molecule has 0 bridgehead atoms. The van der Waals surface area contributed by atoms with Gasteiger partial charge in [-0.05, 0) is 31.0 Å². The predicted molar refractivity (Wildman–Crippen MR) is 58.1 cm³/mol. The van der Waals surface area contributed by atoms with Gasteiger partial charge in [0.25, 0.3) is 0 Å². The molecule has 0 saturated heterocycles. The van der Waals surface area contributed by atoms with Crippen LogP contribution in [-0.4, -0.2) is 15.8 Å². The maximum atomic E-state index is 10.7. The Labute approximate surface area is 87.7 Å². The van der Waals surface area contributed by atoms with Crippen LogP contribution in [0.2, 0.25) is 0 Å². The lowest BCUT2D eigenvalue weighted by atomic mass is 10.2. The van der Waals surface area contributed by atoms with Crippen molar-refractivity contribution in [2.45, 2.75) is 18.8 Å². The van der Waals surface area contributed by atoms with Crippen LogP contribution in [0, 0.1) is 0 Å². The van der Waals surface area contributed by atoms with Gasteiger partial charge in [0.15, 0.2) is 0 Å². The molecule has 15 heavy (non-hydrogen) atoms. The zero-order chi connectivity index (χ0) is 10.4. The van der Waals surface area contributed by atoms with Crippen LogP contribution in [0.25, 0.3) is 11.0 Å². The van der Waals surface area contributed by atoms with Crippen molar-refractivity contribution in [2.75, 3.05) is 0 Å². The van der Waals surface area contributed by atoms with E-state index >= 15 is 0 Å². The van der Waals surface area contributed by atoms with Gasteiger partial charge in [-0.25, -0.2) is 4.98 Å². The molecule has 1 aliphatic rings. The molecule has 1 heterocycles. The molecular formula is C12H12N2O. The summed E-state index contributed by atoms with van der Waals surface area (Å²) in [7, 11) is 2.03. The van der Waals surface area contributed by atoms with Crippen LogP contribution in [0.15, 0.2) is 18.2 Å². The summed E-state index contributed by atoms with van der Waals surface area (Å²) in [6, 6.07) is 5.64. The summed E-state index contributed by atoms with van der Waals surface area (Å²) in [5.41, 5.74) is 2.76. The largest absolute Gasteiger partial charge is 0.331 e. The van der Waals surface area contributed by atoms with Crippen molar-refractivity contribution in [2.24, 2.45) is 7.05 Å². The molecule has 1 aromatic heterocycles.